The second-order valence-corrected chi connectivity index (χ2v) is 5.64. The highest BCUT2D eigenvalue weighted by Gasteiger charge is 2.40. The lowest BCUT2D eigenvalue weighted by atomic mass is 9.78. The van der Waals surface area contributed by atoms with Crippen molar-refractivity contribution in [2.75, 3.05) is 33.4 Å². The zero-order valence-corrected chi connectivity index (χ0v) is 11.5. The Morgan fingerprint density at radius 2 is 2.11 bits per heavy atom. The summed E-state index contributed by atoms with van der Waals surface area (Å²) in [7, 11) is 1.62. The molecule has 5 heteroatoms. The van der Waals surface area contributed by atoms with E-state index in [0.29, 0.717) is 13.2 Å². The first-order valence-electron chi connectivity index (χ1n) is 6.35. The zero-order valence-electron chi connectivity index (χ0n) is 11.5. The van der Waals surface area contributed by atoms with Gasteiger partial charge in [-0.2, -0.15) is 5.26 Å². The second-order valence-electron chi connectivity index (χ2n) is 5.64. The number of nitrogens with one attached hydrogen (secondary N) is 2. The van der Waals surface area contributed by atoms with E-state index in [0.717, 1.165) is 25.9 Å². The molecule has 1 rings (SSSR count). The highest BCUT2D eigenvalue weighted by atomic mass is 16.5. The molecule has 1 saturated heterocycles. The minimum atomic E-state index is -0.531. The van der Waals surface area contributed by atoms with E-state index < -0.39 is 10.8 Å². The number of amides is 1. The van der Waals surface area contributed by atoms with Gasteiger partial charge in [0, 0.05) is 13.7 Å². The predicted molar refractivity (Wildman–Crippen MR) is 68.8 cm³/mol. The maximum atomic E-state index is 12.3. The number of hydrogen-bond acceptors (Lipinski definition) is 4. The SMILES string of the molecule is COCC1(C(=O)NCC(C)(C)C#N)CCNCC1. The fourth-order valence-corrected chi connectivity index (χ4v) is 2.15. The fraction of sp³-hybridized carbons (Fsp3) is 0.846. The van der Waals surface area contributed by atoms with Crippen molar-refractivity contribution in [3.63, 3.8) is 0 Å². The molecule has 0 atom stereocenters. The average Bonchev–Trinajstić information content (AvgIpc) is 2.37. The first-order valence-corrected chi connectivity index (χ1v) is 6.35. The smallest absolute Gasteiger partial charge is 0.228 e. The average molecular weight is 253 g/mol. The van der Waals surface area contributed by atoms with Crippen molar-refractivity contribution in [2.24, 2.45) is 10.8 Å². The van der Waals surface area contributed by atoms with E-state index in [2.05, 4.69) is 16.7 Å². The molecule has 0 aliphatic carbocycles. The Balaban J connectivity index is 2.63. The highest BCUT2D eigenvalue weighted by molar-refractivity contribution is 5.83. The summed E-state index contributed by atoms with van der Waals surface area (Å²) < 4.78 is 5.21. The van der Waals surface area contributed by atoms with Gasteiger partial charge in [-0.3, -0.25) is 4.79 Å². The molecule has 5 nitrogen and oxygen atoms in total. The highest BCUT2D eigenvalue weighted by Crippen LogP contribution is 2.29. The van der Waals surface area contributed by atoms with Crippen LogP contribution in [0, 0.1) is 22.2 Å². The third kappa shape index (κ3) is 3.69. The van der Waals surface area contributed by atoms with Crippen molar-refractivity contribution < 1.29 is 9.53 Å². The summed E-state index contributed by atoms with van der Waals surface area (Å²) in [5, 5.41) is 15.1. The monoisotopic (exact) mass is 253 g/mol. The summed E-state index contributed by atoms with van der Waals surface area (Å²) in [6.45, 7) is 6.11. The Morgan fingerprint density at radius 3 is 2.61 bits per heavy atom. The summed E-state index contributed by atoms with van der Waals surface area (Å²) in [5.41, 5.74) is -0.970. The molecular weight excluding hydrogens is 230 g/mol. The van der Waals surface area contributed by atoms with Crippen LogP contribution in [0.2, 0.25) is 0 Å². The standard InChI is InChI=1S/C13H23N3O2/c1-12(2,8-14)9-16-11(17)13(10-18-3)4-6-15-7-5-13/h15H,4-7,9-10H2,1-3H3,(H,16,17). The van der Waals surface area contributed by atoms with Crippen LogP contribution in [-0.2, 0) is 9.53 Å². The third-order valence-electron chi connectivity index (χ3n) is 3.46. The topological polar surface area (TPSA) is 74.1 Å². The predicted octanol–water partition coefficient (Wildman–Crippen LogP) is 0.669. The van der Waals surface area contributed by atoms with Crippen molar-refractivity contribution in [2.45, 2.75) is 26.7 Å². The first kappa shape index (κ1) is 14.9. The number of rotatable bonds is 5. The van der Waals surface area contributed by atoms with Gasteiger partial charge in [-0.05, 0) is 39.8 Å². The van der Waals surface area contributed by atoms with Crippen LogP contribution in [0.3, 0.4) is 0 Å². The minimum absolute atomic E-state index is 0.00850. The summed E-state index contributed by atoms with van der Waals surface area (Å²) in [6.07, 6.45) is 1.55. The number of nitriles is 1. The van der Waals surface area contributed by atoms with E-state index in [1.54, 1.807) is 7.11 Å². The number of carbonyl (C=O) groups excluding carboxylic acids is 1. The third-order valence-corrected chi connectivity index (χ3v) is 3.46. The van der Waals surface area contributed by atoms with E-state index >= 15 is 0 Å². The summed E-state index contributed by atoms with van der Waals surface area (Å²) >= 11 is 0. The van der Waals surface area contributed by atoms with Crippen molar-refractivity contribution >= 4 is 5.91 Å². The van der Waals surface area contributed by atoms with E-state index in [1.165, 1.54) is 0 Å². The molecule has 1 fully saturated rings. The maximum Gasteiger partial charge on any atom is 0.228 e. The number of piperidine rings is 1. The van der Waals surface area contributed by atoms with Crippen molar-refractivity contribution in [3.8, 4) is 6.07 Å². The molecule has 1 amide bonds. The number of nitrogens with zero attached hydrogens (tertiary/aromatic N) is 1. The molecule has 0 saturated carbocycles. The van der Waals surface area contributed by atoms with Crippen LogP contribution in [0.1, 0.15) is 26.7 Å². The molecule has 1 aliphatic rings. The van der Waals surface area contributed by atoms with E-state index in [-0.39, 0.29) is 5.91 Å². The summed E-state index contributed by atoms with van der Waals surface area (Å²) in [4.78, 5) is 12.3. The van der Waals surface area contributed by atoms with Crippen LogP contribution in [0.15, 0.2) is 0 Å². The molecule has 0 radical (unpaired) electrons. The fourth-order valence-electron chi connectivity index (χ4n) is 2.15. The van der Waals surface area contributed by atoms with Gasteiger partial charge in [0.05, 0.1) is 23.5 Å². The number of methoxy groups -OCH3 is 1. The Labute approximate surface area is 109 Å². The van der Waals surface area contributed by atoms with Crippen molar-refractivity contribution in [3.05, 3.63) is 0 Å². The van der Waals surface area contributed by atoms with Gasteiger partial charge in [-0.1, -0.05) is 0 Å². The van der Waals surface area contributed by atoms with Gasteiger partial charge in [-0.25, -0.2) is 0 Å². The molecule has 0 aromatic heterocycles. The lowest BCUT2D eigenvalue weighted by Gasteiger charge is -2.36. The molecule has 18 heavy (non-hydrogen) atoms. The van der Waals surface area contributed by atoms with Gasteiger partial charge in [0.1, 0.15) is 0 Å². The molecule has 0 aromatic carbocycles. The van der Waals surface area contributed by atoms with Crippen molar-refractivity contribution in [1.29, 1.82) is 5.26 Å². The number of ether oxygens (including phenoxy) is 1. The van der Waals surface area contributed by atoms with Gasteiger partial charge in [0.2, 0.25) is 5.91 Å². The first-order chi connectivity index (χ1) is 8.46. The Morgan fingerprint density at radius 1 is 1.50 bits per heavy atom. The van der Waals surface area contributed by atoms with Gasteiger partial charge in [-0.15, -0.1) is 0 Å². The molecule has 1 heterocycles. The largest absolute Gasteiger partial charge is 0.384 e. The molecule has 102 valence electrons. The van der Waals surface area contributed by atoms with Gasteiger partial charge >= 0.3 is 0 Å². The van der Waals surface area contributed by atoms with Crippen LogP contribution in [0.5, 0.6) is 0 Å². The van der Waals surface area contributed by atoms with Gasteiger partial charge in [0.25, 0.3) is 0 Å². The summed E-state index contributed by atoms with van der Waals surface area (Å²) in [5.74, 6) is 0.00850. The van der Waals surface area contributed by atoms with Gasteiger partial charge in [0.15, 0.2) is 0 Å². The Bertz CT molecular complexity index is 322. The molecule has 0 spiro atoms. The minimum Gasteiger partial charge on any atom is -0.384 e. The molecule has 0 aromatic rings. The van der Waals surface area contributed by atoms with Crippen LogP contribution in [0.4, 0.5) is 0 Å². The van der Waals surface area contributed by atoms with Gasteiger partial charge < -0.3 is 15.4 Å². The normalized spacial score (nSPS) is 19.0. The van der Waals surface area contributed by atoms with Crippen LogP contribution >= 0.6 is 0 Å². The molecular formula is C13H23N3O2. The molecule has 1 aliphatic heterocycles. The Hall–Kier alpha value is -1.12. The zero-order chi connectivity index (χ0) is 13.6. The quantitative estimate of drug-likeness (QED) is 0.755. The van der Waals surface area contributed by atoms with Crippen molar-refractivity contribution in [1.82, 2.24) is 10.6 Å². The molecule has 2 N–H and O–H groups in total. The van der Waals surface area contributed by atoms with Crippen LogP contribution in [0.25, 0.3) is 0 Å². The Kier molecular flexibility index (Phi) is 5.12. The number of hydrogen-bond donors (Lipinski definition) is 2. The maximum absolute atomic E-state index is 12.3. The lowest BCUT2D eigenvalue weighted by Crippen LogP contribution is -2.51. The summed E-state index contributed by atoms with van der Waals surface area (Å²) in [6, 6.07) is 2.19. The molecule has 0 unspecified atom stereocenters. The van der Waals surface area contributed by atoms with Crippen LogP contribution in [-0.4, -0.2) is 39.3 Å². The lowest BCUT2D eigenvalue weighted by molar-refractivity contribution is -0.136. The number of carbonyl (C=O) groups is 1. The van der Waals surface area contributed by atoms with Crippen LogP contribution < -0.4 is 10.6 Å². The van der Waals surface area contributed by atoms with E-state index in [4.69, 9.17) is 10.00 Å². The van der Waals surface area contributed by atoms with E-state index in [1.807, 2.05) is 13.8 Å². The molecule has 0 bridgehead atoms. The van der Waals surface area contributed by atoms with E-state index in [9.17, 15) is 4.79 Å². The second kappa shape index (κ2) is 6.17.